The largest absolute Gasteiger partial charge is 0.387 e. The quantitative estimate of drug-likeness (QED) is 0.738. The van der Waals surface area contributed by atoms with Gasteiger partial charge in [-0.15, -0.1) is 0 Å². The first-order valence-electron chi connectivity index (χ1n) is 5.12. The molecule has 1 radical (unpaired) electrons. The van der Waals surface area contributed by atoms with Crippen molar-refractivity contribution in [1.82, 2.24) is 0 Å². The standard InChI is InChI=1S/C10H16O5.Y/c1-4-10(5-11)7(12)6-8(15-10)14-9(2,3)13-6;/h5-8,12H,4H2,1-3H3;/t6-,7?,8+,10-;/m0./s1. The van der Waals surface area contributed by atoms with Crippen molar-refractivity contribution in [2.75, 3.05) is 0 Å². The van der Waals surface area contributed by atoms with Gasteiger partial charge in [-0.25, -0.2) is 0 Å². The van der Waals surface area contributed by atoms with Crippen molar-refractivity contribution in [1.29, 1.82) is 0 Å². The number of hydrogen-bond donors (Lipinski definition) is 1. The topological polar surface area (TPSA) is 65.0 Å². The Balaban J connectivity index is 0.00000128. The summed E-state index contributed by atoms with van der Waals surface area (Å²) in [6, 6.07) is 0. The van der Waals surface area contributed by atoms with Gasteiger partial charge in [0.15, 0.2) is 24.0 Å². The number of carbonyl (C=O) groups excluding carboxylic acids is 1. The summed E-state index contributed by atoms with van der Waals surface area (Å²) in [6.07, 6.45) is -1.16. The molecule has 4 atom stereocenters. The van der Waals surface area contributed by atoms with Crippen molar-refractivity contribution < 1.29 is 56.8 Å². The fourth-order valence-electron chi connectivity index (χ4n) is 2.10. The molecule has 16 heavy (non-hydrogen) atoms. The summed E-state index contributed by atoms with van der Waals surface area (Å²) >= 11 is 0. The van der Waals surface area contributed by atoms with Gasteiger partial charge < -0.3 is 24.1 Å². The molecule has 2 heterocycles. The van der Waals surface area contributed by atoms with Gasteiger partial charge >= 0.3 is 0 Å². The summed E-state index contributed by atoms with van der Waals surface area (Å²) in [5, 5.41) is 9.98. The summed E-state index contributed by atoms with van der Waals surface area (Å²) in [7, 11) is 0. The van der Waals surface area contributed by atoms with Gasteiger partial charge in [0.2, 0.25) is 0 Å². The fourth-order valence-corrected chi connectivity index (χ4v) is 2.10. The Labute approximate surface area is 120 Å². The number of ether oxygens (including phenoxy) is 3. The van der Waals surface area contributed by atoms with Crippen LogP contribution in [0.1, 0.15) is 27.2 Å². The van der Waals surface area contributed by atoms with Crippen LogP contribution in [0.4, 0.5) is 0 Å². The zero-order valence-electron chi connectivity index (χ0n) is 9.67. The molecule has 0 aromatic heterocycles. The normalized spacial score (nSPS) is 44.9. The summed E-state index contributed by atoms with van der Waals surface area (Å²) < 4.78 is 16.4. The Hall–Kier alpha value is 0.614. The molecule has 2 aliphatic heterocycles. The van der Waals surface area contributed by atoms with Crippen LogP contribution in [-0.2, 0) is 51.7 Å². The Kier molecular flexibility index (Phi) is 4.32. The van der Waals surface area contributed by atoms with Crippen molar-refractivity contribution in [2.24, 2.45) is 0 Å². The number of aliphatic hydroxyl groups is 1. The SMILES string of the molecule is CC[C@@]1(C=O)O[C@H]2OC(C)(C)O[C@H]2C1O.[Y]. The van der Waals surface area contributed by atoms with Gasteiger partial charge in [0, 0.05) is 32.7 Å². The molecule has 1 N–H and O–H groups in total. The maximum Gasteiger partial charge on any atom is 0.191 e. The summed E-state index contributed by atoms with van der Waals surface area (Å²) in [6.45, 7) is 5.27. The first kappa shape index (κ1) is 14.7. The van der Waals surface area contributed by atoms with Crippen molar-refractivity contribution in [2.45, 2.75) is 57.1 Å². The average Bonchev–Trinajstić information content (AvgIpc) is 2.59. The van der Waals surface area contributed by atoms with Crippen molar-refractivity contribution in [3.63, 3.8) is 0 Å². The van der Waals surface area contributed by atoms with Crippen LogP contribution in [0.15, 0.2) is 0 Å². The fraction of sp³-hybridized carbons (Fsp3) is 0.900. The zero-order valence-corrected chi connectivity index (χ0v) is 12.5. The average molecular weight is 305 g/mol. The smallest absolute Gasteiger partial charge is 0.191 e. The van der Waals surface area contributed by atoms with Crippen LogP contribution in [0.2, 0.25) is 0 Å². The van der Waals surface area contributed by atoms with E-state index in [2.05, 4.69) is 0 Å². The molecule has 2 fully saturated rings. The second kappa shape index (κ2) is 4.71. The van der Waals surface area contributed by atoms with Gasteiger partial charge in [-0.05, 0) is 20.3 Å². The van der Waals surface area contributed by atoms with Crippen molar-refractivity contribution in [3.05, 3.63) is 0 Å². The van der Waals surface area contributed by atoms with Gasteiger partial charge in [-0.2, -0.15) is 0 Å². The van der Waals surface area contributed by atoms with E-state index < -0.39 is 29.9 Å². The molecule has 0 aliphatic carbocycles. The molecular formula is C10H16O5Y. The molecule has 2 rings (SSSR count). The van der Waals surface area contributed by atoms with E-state index in [-0.39, 0.29) is 32.7 Å². The van der Waals surface area contributed by atoms with Crippen LogP contribution >= 0.6 is 0 Å². The molecule has 0 bridgehead atoms. The van der Waals surface area contributed by atoms with Crippen LogP contribution in [-0.4, -0.2) is 41.3 Å². The summed E-state index contributed by atoms with van der Waals surface area (Å²) in [5.41, 5.74) is -1.17. The molecule has 2 saturated heterocycles. The Morgan fingerprint density at radius 3 is 2.38 bits per heavy atom. The van der Waals surface area contributed by atoms with E-state index in [9.17, 15) is 9.90 Å². The molecule has 0 amide bonds. The maximum atomic E-state index is 11.0. The van der Waals surface area contributed by atoms with Gasteiger partial charge in [0.25, 0.3) is 0 Å². The van der Waals surface area contributed by atoms with E-state index in [0.717, 1.165) is 0 Å². The monoisotopic (exact) mass is 305 g/mol. The van der Waals surface area contributed by atoms with Crippen LogP contribution in [0.5, 0.6) is 0 Å². The number of aliphatic hydroxyl groups excluding tert-OH is 1. The van der Waals surface area contributed by atoms with Crippen LogP contribution in [0.25, 0.3) is 0 Å². The minimum Gasteiger partial charge on any atom is -0.387 e. The van der Waals surface area contributed by atoms with E-state index >= 15 is 0 Å². The molecule has 5 nitrogen and oxygen atoms in total. The number of aldehydes is 1. The number of fused-ring (bicyclic) bond motifs is 1. The third kappa shape index (κ3) is 2.14. The molecule has 6 heteroatoms. The van der Waals surface area contributed by atoms with Gasteiger partial charge in [0.1, 0.15) is 12.2 Å². The minimum absolute atomic E-state index is 0. The van der Waals surface area contributed by atoms with E-state index in [0.29, 0.717) is 12.7 Å². The van der Waals surface area contributed by atoms with E-state index in [1.165, 1.54) is 0 Å². The van der Waals surface area contributed by atoms with Gasteiger partial charge in [-0.1, -0.05) is 6.92 Å². The third-order valence-electron chi connectivity index (χ3n) is 2.99. The number of rotatable bonds is 2. The Bertz CT molecular complexity index is 282. The molecular weight excluding hydrogens is 289 g/mol. The van der Waals surface area contributed by atoms with Crippen molar-refractivity contribution in [3.8, 4) is 0 Å². The van der Waals surface area contributed by atoms with E-state index in [1.807, 2.05) is 0 Å². The van der Waals surface area contributed by atoms with Crippen LogP contribution < -0.4 is 0 Å². The molecule has 1 unspecified atom stereocenters. The molecule has 0 saturated carbocycles. The van der Waals surface area contributed by atoms with E-state index in [4.69, 9.17) is 14.2 Å². The third-order valence-corrected chi connectivity index (χ3v) is 2.99. The first-order valence-corrected chi connectivity index (χ1v) is 5.12. The Morgan fingerprint density at radius 2 is 1.94 bits per heavy atom. The maximum absolute atomic E-state index is 11.0. The Morgan fingerprint density at radius 1 is 1.31 bits per heavy atom. The summed E-state index contributed by atoms with van der Waals surface area (Å²) in [5.74, 6) is -0.765. The molecule has 2 aliphatic rings. The minimum atomic E-state index is -1.17. The number of carbonyl (C=O) groups is 1. The van der Waals surface area contributed by atoms with Crippen LogP contribution in [0.3, 0.4) is 0 Å². The molecule has 89 valence electrons. The van der Waals surface area contributed by atoms with Crippen molar-refractivity contribution >= 4 is 6.29 Å². The molecule has 0 aromatic rings. The summed E-state index contributed by atoms with van der Waals surface area (Å²) in [4.78, 5) is 11.0. The van der Waals surface area contributed by atoms with Crippen LogP contribution in [0, 0.1) is 0 Å². The predicted octanol–water partition coefficient (Wildman–Crippen LogP) is 0.200. The second-order valence-electron chi connectivity index (χ2n) is 4.46. The molecule has 0 spiro atoms. The first-order chi connectivity index (χ1) is 6.94. The number of hydrogen-bond acceptors (Lipinski definition) is 5. The van der Waals surface area contributed by atoms with E-state index in [1.54, 1.807) is 20.8 Å². The zero-order chi connectivity index (χ0) is 11.3. The second-order valence-corrected chi connectivity index (χ2v) is 4.46. The van der Waals surface area contributed by atoms with Gasteiger partial charge in [0.05, 0.1) is 0 Å². The molecule has 0 aromatic carbocycles. The predicted molar refractivity (Wildman–Crippen MR) is 50.0 cm³/mol. The van der Waals surface area contributed by atoms with Gasteiger partial charge in [-0.3, -0.25) is 0 Å².